The van der Waals surface area contributed by atoms with Gasteiger partial charge in [-0.25, -0.2) is 23.4 Å². The number of aromatic nitrogens is 3. The molecule has 7 nitrogen and oxygen atoms in total. The minimum Gasteiger partial charge on any atom is -0.383 e. The molecule has 0 saturated heterocycles. The Kier molecular flexibility index (Phi) is 5.29. The van der Waals surface area contributed by atoms with Gasteiger partial charge in [0.1, 0.15) is 5.82 Å². The van der Waals surface area contributed by atoms with Gasteiger partial charge >= 0.3 is 6.18 Å². The lowest BCUT2D eigenvalue weighted by Gasteiger charge is -2.25. The number of halogens is 3. The van der Waals surface area contributed by atoms with Crippen molar-refractivity contribution < 1.29 is 26.7 Å². The van der Waals surface area contributed by atoms with Gasteiger partial charge in [0.15, 0.2) is 11.4 Å². The maximum absolute atomic E-state index is 12.9. The van der Waals surface area contributed by atoms with Crippen LogP contribution in [0.15, 0.2) is 58.7 Å². The zero-order valence-corrected chi connectivity index (χ0v) is 16.7. The van der Waals surface area contributed by atoms with Crippen LogP contribution in [0.2, 0.25) is 0 Å². The van der Waals surface area contributed by atoms with E-state index in [1.807, 2.05) is 0 Å². The van der Waals surface area contributed by atoms with E-state index in [0.717, 1.165) is 12.4 Å². The van der Waals surface area contributed by atoms with Gasteiger partial charge in [0.25, 0.3) is 0 Å². The summed E-state index contributed by atoms with van der Waals surface area (Å²) in [5, 5.41) is 9.67. The highest BCUT2D eigenvalue weighted by Crippen LogP contribution is 2.38. The molecule has 3 aromatic rings. The van der Waals surface area contributed by atoms with Gasteiger partial charge < -0.3 is 10.8 Å². The number of hydrogen-bond acceptors (Lipinski definition) is 7. The molecule has 0 aliphatic heterocycles. The third kappa shape index (κ3) is 3.85. The molecule has 0 aliphatic carbocycles. The molecule has 2 heterocycles. The third-order valence-corrected chi connectivity index (χ3v) is 6.33. The number of alkyl halides is 3. The molecule has 1 atom stereocenters. The topological polar surface area (TPSA) is 119 Å². The fraction of sp³-hybridized carbons (Fsp3) is 0.211. The molecule has 0 spiro atoms. The summed E-state index contributed by atoms with van der Waals surface area (Å²) in [4.78, 5) is 11.5. The van der Waals surface area contributed by atoms with Crippen molar-refractivity contribution in [1.29, 1.82) is 0 Å². The lowest BCUT2D eigenvalue weighted by molar-refractivity contribution is -0.259. The normalized spacial score (nSPS) is 14.3. The first-order chi connectivity index (χ1) is 13.8. The van der Waals surface area contributed by atoms with Crippen molar-refractivity contribution in [2.75, 3.05) is 5.73 Å². The molecular formula is C19H17F3N4O3S. The number of anilines is 1. The Hall–Kier alpha value is -3.05. The van der Waals surface area contributed by atoms with Crippen molar-refractivity contribution in [3.8, 4) is 11.4 Å². The van der Waals surface area contributed by atoms with E-state index in [0.29, 0.717) is 18.1 Å². The Bertz CT molecular complexity index is 1180. The highest BCUT2D eigenvalue weighted by molar-refractivity contribution is 7.91. The number of hydrogen-bond donors (Lipinski definition) is 2. The molecule has 2 aromatic heterocycles. The Morgan fingerprint density at radius 1 is 0.967 bits per heavy atom. The molecule has 0 fully saturated rings. The van der Waals surface area contributed by atoms with Crippen LogP contribution in [0.1, 0.15) is 18.1 Å². The maximum Gasteiger partial charge on any atom is 0.421 e. The molecule has 30 heavy (non-hydrogen) atoms. The summed E-state index contributed by atoms with van der Waals surface area (Å²) in [5.41, 5.74) is 2.93. The predicted molar refractivity (Wildman–Crippen MR) is 102 cm³/mol. The van der Waals surface area contributed by atoms with Crippen LogP contribution in [0.5, 0.6) is 0 Å². The Morgan fingerprint density at radius 3 is 2.03 bits per heavy atom. The van der Waals surface area contributed by atoms with Crippen LogP contribution < -0.4 is 5.73 Å². The first-order valence-electron chi connectivity index (χ1n) is 8.53. The monoisotopic (exact) mass is 438 g/mol. The van der Waals surface area contributed by atoms with Crippen LogP contribution in [0.3, 0.4) is 0 Å². The second kappa shape index (κ2) is 7.33. The van der Waals surface area contributed by atoms with Crippen LogP contribution >= 0.6 is 0 Å². The summed E-state index contributed by atoms with van der Waals surface area (Å²) in [5.74, 6) is 0.306. The van der Waals surface area contributed by atoms with Gasteiger partial charge in [0.2, 0.25) is 9.84 Å². The number of rotatable bonds is 4. The summed E-state index contributed by atoms with van der Waals surface area (Å²) in [7, 11) is -3.84. The molecule has 0 saturated carbocycles. The lowest BCUT2D eigenvalue weighted by Crippen LogP contribution is -2.39. The van der Waals surface area contributed by atoms with Gasteiger partial charge in [0, 0.05) is 29.7 Å². The van der Waals surface area contributed by atoms with Gasteiger partial charge in [-0.3, -0.25) is 0 Å². The lowest BCUT2D eigenvalue weighted by atomic mass is 9.98. The molecule has 11 heteroatoms. The summed E-state index contributed by atoms with van der Waals surface area (Å²) in [6.45, 7) is 2.25. The zero-order chi connectivity index (χ0) is 22.3. The summed E-state index contributed by atoms with van der Waals surface area (Å²) in [6, 6.07) is 6.95. The molecule has 1 aromatic carbocycles. The molecule has 0 radical (unpaired) electrons. The van der Waals surface area contributed by atoms with Gasteiger partial charge in [-0.1, -0.05) is 0 Å². The summed E-state index contributed by atoms with van der Waals surface area (Å²) in [6.07, 6.45) is -1.96. The summed E-state index contributed by atoms with van der Waals surface area (Å²) < 4.78 is 64.2. The number of nitrogen functional groups attached to an aromatic ring is 1. The minimum absolute atomic E-state index is 0.00570. The van der Waals surface area contributed by atoms with E-state index >= 15 is 0 Å². The molecule has 0 amide bonds. The molecule has 0 unspecified atom stereocenters. The van der Waals surface area contributed by atoms with Crippen LogP contribution in [0.4, 0.5) is 19.0 Å². The number of aryl methyl sites for hydroxylation is 1. The van der Waals surface area contributed by atoms with E-state index in [-0.39, 0.29) is 21.4 Å². The average molecular weight is 438 g/mol. The number of aliphatic hydroxyl groups is 1. The van der Waals surface area contributed by atoms with Gasteiger partial charge in [0.05, 0.1) is 9.79 Å². The molecule has 0 bridgehead atoms. The fourth-order valence-electron chi connectivity index (χ4n) is 2.52. The number of sulfone groups is 1. The zero-order valence-electron chi connectivity index (χ0n) is 15.8. The van der Waals surface area contributed by atoms with Crippen LogP contribution in [0, 0.1) is 6.92 Å². The number of nitrogens with two attached hydrogens (primary N) is 1. The number of benzene rings is 1. The van der Waals surface area contributed by atoms with Crippen LogP contribution in [-0.4, -0.2) is 34.7 Å². The molecular weight excluding hydrogens is 421 g/mol. The number of pyridine rings is 1. The van der Waals surface area contributed by atoms with Crippen molar-refractivity contribution in [3.05, 3.63) is 60.0 Å². The Balaban J connectivity index is 1.90. The van der Waals surface area contributed by atoms with Crippen LogP contribution in [-0.2, 0) is 15.4 Å². The van der Waals surface area contributed by atoms with Crippen molar-refractivity contribution in [1.82, 2.24) is 15.0 Å². The van der Waals surface area contributed by atoms with E-state index in [1.54, 1.807) is 6.92 Å². The second-order valence-corrected chi connectivity index (χ2v) is 8.72. The third-order valence-electron chi connectivity index (χ3n) is 4.59. The smallest absolute Gasteiger partial charge is 0.383 e. The van der Waals surface area contributed by atoms with Crippen molar-refractivity contribution >= 4 is 15.7 Å². The van der Waals surface area contributed by atoms with E-state index in [1.165, 1.54) is 36.5 Å². The van der Waals surface area contributed by atoms with E-state index in [9.17, 15) is 26.7 Å². The van der Waals surface area contributed by atoms with Gasteiger partial charge in [-0.05, 0) is 49.7 Å². The van der Waals surface area contributed by atoms with Crippen molar-refractivity contribution in [2.24, 2.45) is 0 Å². The minimum atomic E-state index is -4.89. The quantitative estimate of drug-likeness (QED) is 0.643. The highest BCUT2D eigenvalue weighted by atomic mass is 32.2. The van der Waals surface area contributed by atoms with Crippen LogP contribution in [0.25, 0.3) is 11.4 Å². The Labute approximate surface area is 170 Å². The Morgan fingerprint density at radius 2 is 1.53 bits per heavy atom. The first kappa shape index (κ1) is 21.7. The second-order valence-electron chi connectivity index (χ2n) is 6.77. The van der Waals surface area contributed by atoms with Crippen molar-refractivity contribution in [2.45, 2.75) is 35.4 Å². The fourth-order valence-corrected chi connectivity index (χ4v) is 3.81. The molecule has 158 valence electrons. The van der Waals surface area contributed by atoms with E-state index in [2.05, 4.69) is 15.0 Å². The van der Waals surface area contributed by atoms with Gasteiger partial charge in [-0.2, -0.15) is 13.2 Å². The SMILES string of the molecule is Cc1cc(S(=O)(=O)c2ccc(-c3ncc([C@](C)(O)C(F)(F)F)cn3)cc2)cnc1N. The predicted octanol–water partition coefficient (Wildman–Crippen LogP) is 3.03. The van der Waals surface area contributed by atoms with E-state index in [4.69, 9.17) is 5.73 Å². The summed E-state index contributed by atoms with van der Waals surface area (Å²) >= 11 is 0. The first-order valence-corrected chi connectivity index (χ1v) is 10.0. The molecule has 0 aliphatic rings. The van der Waals surface area contributed by atoms with Gasteiger partial charge in [-0.15, -0.1) is 0 Å². The highest BCUT2D eigenvalue weighted by Gasteiger charge is 2.51. The van der Waals surface area contributed by atoms with Crippen molar-refractivity contribution in [3.63, 3.8) is 0 Å². The molecule has 3 N–H and O–H groups in total. The standard InChI is InChI=1S/C19H17F3N4O3S/c1-11-7-15(10-24-16(11)23)30(28,29)14-5-3-12(4-6-14)17-25-8-13(9-26-17)18(2,27)19(20,21)22/h3-10,27H,1-2H3,(H2,23,24)/t18-/m0/s1. The molecule has 3 rings (SSSR count). The number of nitrogens with zero attached hydrogens (tertiary/aromatic N) is 3. The largest absolute Gasteiger partial charge is 0.421 e. The average Bonchev–Trinajstić information content (AvgIpc) is 2.69. The van der Waals surface area contributed by atoms with E-state index < -0.39 is 27.2 Å². The maximum atomic E-state index is 12.9.